The van der Waals surface area contributed by atoms with Crippen LogP contribution in [-0.2, 0) is 22.0 Å². The number of aryl methyl sites for hydroxylation is 2. The number of aliphatic hydroxyl groups excluding tert-OH is 1. The monoisotopic (exact) mass is 565 g/mol. The highest BCUT2D eigenvalue weighted by Gasteiger charge is 2.40. The maximum atomic E-state index is 13.3. The van der Waals surface area contributed by atoms with Crippen molar-refractivity contribution in [3.8, 4) is 5.75 Å². The molecule has 1 amide bonds. The number of phenols is 1. The van der Waals surface area contributed by atoms with Crippen LogP contribution in [0.15, 0.2) is 60.7 Å². The summed E-state index contributed by atoms with van der Waals surface area (Å²) < 4.78 is 0. The zero-order valence-corrected chi connectivity index (χ0v) is 25.6. The molecule has 1 aromatic heterocycles. The molecule has 0 fully saturated rings. The molecule has 4 aromatic rings. The van der Waals surface area contributed by atoms with Crippen molar-refractivity contribution in [3.63, 3.8) is 0 Å². The van der Waals surface area contributed by atoms with Crippen molar-refractivity contribution in [2.24, 2.45) is 0 Å². The summed E-state index contributed by atoms with van der Waals surface area (Å²) in [5, 5.41) is 24.6. The van der Waals surface area contributed by atoms with Gasteiger partial charge in [0.15, 0.2) is 11.5 Å². The summed E-state index contributed by atoms with van der Waals surface area (Å²) in [6.07, 6.45) is -0.106. The van der Waals surface area contributed by atoms with Gasteiger partial charge in [-0.25, -0.2) is 15.1 Å². The molecule has 42 heavy (non-hydrogen) atoms. The lowest BCUT2D eigenvalue weighted by atomic mass is 9.78. The van der Waals surface area contributed by atoms with E-state index in [1.165, 1.54) is 0 Å². The molecular weight excluding hydrogens is 524 g/mol. The molecule has 0 saturated carbocycles. The highest BCUT2D eigenvalue weighted by atomic mass is 16.3. The normalized spacial score (nSPS) is 17.1. The van der Waals surface area contributed by atoms with Gasteiger partial charge in [-0.2, -0.15) is 0 Å². The summed E-state index contributed by atoms with van der Waals surface area (Å²) in [5.41, 5.74) is 6.26. The van der Waals surface area contributed by atoms with Crippen molar-refractivity contribution in [3.05, 3.63) is 99.7 Å². The molecule has 4 N–H and O–H groups in total. The Morgan fingerprint density at radius 3 is 2.24 bits per heavy atom. The topological polar surface area (TPSA) is 104 Å². The first-order chi connectivity index (χ1) is 19.6. The van der Waals surface area contributed by atoms with Crippen molar-refractivity contribution in [2.45, 2.75) is 84.2 Å². The maximum absolute atomic E-state index is 13.3. The average Bonchev–Trinajstić information content (AvgIpc) is 3.15. The Hall–Kier alpha value is -3.87. The van der Waals surface area contributed by atoms with E-state index in [1.807, 2.05) is 61.5 Å². The molecule has 0 aliphatic heterocycles. The van der Waals surface area contributed by atoms with Gasteiger partial charge in [0.05, 0.1) is 24.1 Å². The molecule has 218 valence electrons. The summed E-state index contributed by atoms with van der Waals surface area (Å²) in [4.78, 5) is 31.4. The number of fused-ring (bicyclic) bond motifs is 2. The number of benzene rings is 3. The smallest absolute Gasteiger partial charge is 0.315 e. The number of pyridine rings is 1. The van der Waals surface area contributed by atoms with E-state index in [0.717, 1.165) is 27.6 Å². The second kappa shape index (κ2) is 10.8. The second-order valence-electron chi connectivity index (χ2n) is 13.7. The predicted octanol–water partition coefficient (Wildman–Crippen LogP) is 6.21. The van der Waals surface area contributed by atoms with E-state index >= 15 is 0 Å². The summed E-state index contributed by atoms with van der Waals surface area (Å²) >= 11 is 0. The fraction of sp³-hybridized carbons (Fsp3) is 0.361. The summed E-state index contributed by atoms with van der Waals surface area (Å²) in [7, 11) is 0. The Kier molecular flexibility index (Phi) is 7.58. The van der Waals surface area contributed by atoms with Crippen LogP contribution in [0.25, 0.3) is 10.9 Å². The van der Waals surface area contributed by atoms with Crippen LogP contribution >= 0.6 is 0 Å². The van der Waals surface area contributed by atoms with E-state index in [4.69, 9.17) is 4.98 Å². The van der Waals surface area contributed by atoms with Crippen LogP contribution in [0.2, 0.25) is 0 Å². The number of aromatic hydroxyl groups is 1. The van der Waals surface area contributed by atoms with Gasteiger partial charge in [-0.3, -0.25) is 4.79 Å². The van der Waals surface area contributed by atoms with Crippen LogP contribution in [0.5, 0.6) is 5.75 Å². The molecule has 1 heterocycles. The number of amides is 1. The van der Waals surface area contributed by atoms with Crippen molar-refractivity contribution >= 4 is 28.3 Å². The summed E-state index contributed by atoms with van der Waals surface area (Å²) in [5.74, 6) is -0.613. The van der Waals surface area contributed by atoms with Crippen LogP contribution < -0.4 is 5.32 Å². The number of aliphatic hydroxyl groups is 1. The Morgan fingerprint density at radius 2 is 1.60 bits per heavy atom. The van der Waals surface area contributed by atoms with Crippen molar-refractivity contribution in [1.29, 1.82) is 0 Å². The second-order valence-corrected chi connectivity index (χ2v) is 13.7. The van der Waals surface area contributed by atoms with Gasteiger partial charge in [-0.15, -0.1) is 0 Å². The van der Waals surface area contributed by atoms with Gasteiger partial charge in [0.25, 0.3) is 0 Å². The molecule has 0 radical (unpaired) electrons. The number of nitrogens with two attached hydrogens (primary N) is 1. The van der Waals surface area contributed by atoms with Crippen LogP contribution in [0.3, 0.4) is 0 Å². The van der Waals surface area contributed by atoms with Gasteiger partial charge < -0.3 is 10.2 Å². The number of quaternary nitrogens is 1. The molecule has 3 aromatic carbocycles. The number of primary amides is 1. The van der Waals surface area contributed by atoms with E-state index in [0.29, 0.717) is 46.6 Å². The van der Waals surface area contributed by atoms with Gasteiger partial charge in [0, 0.05) is 17.0 Å². The first-order valence-corrected chi connectivity index (χ1v) is 14.6. The minimum absolute atomic E-state index is 0.0303. The number of hydrogen-bond acceptors (Lipinski definition) is 5. The Morgan fingerprint density at radius 1 is 0.929 bits per heavy atom. The number of ketones is 1. The van der Waals surface area contributed by atoms with Crippen molar-refractivity contribution < 1.29 is 25.1 Å². The third-order valence-corrected chi connectivity index (χ3v) is 8.25. The number of phenolic OH excluding ortho intramolecular Hbond substituents is 1. The molecule has 2 atom stereocenters. The minimum atomic E-state index is -0.961. The molecule has 0 saturated heterocycles. The Balaban J connectivity index is 1.39. The summed E-state index contributed by atoms with van der Waals surface area (Å²) in [6, 6.07) is 18.9. The molecule has 1 aliphatic rings. The van der Waals surface area contributed by atoms with Crippen LogP contribution in [-0.4, -0.2) is 26.9 Å². The molecule has 0 spiro atoms. The van der Waals surface area contributed by atoms with E-state index < -0.39 is 12.0 Å². The largest absolute Gasteiger partial charge is 0.507 e. The van der Waals surface area contributed by atoms with Gasteiger partial charge >= 0.3 is 5.91 Å². The van der Waals surface area contributed by atoms with Crippen LogP contribution in [0, 0.1) is 6.92 Å². The van der Waals surface area contributed by atoms with E-state index in [1.54, 1.807) is 11.4 Å². The first-order valence-electron chi connectivity index (χ1n) is 14.6. The lowest BCUT2D eigenvalue weighted by Gasteiger charge is -2.28. The number of carbonyl (C=O) groups excluding carboxylic acids is 2. The first kappa shape index (κ1) is 29.6. The Bertz CT molecular complexity index is 1670. The quantitative estimate of drug-likeness (QED) is 0.250. The van der Waals surface area contributed by atoms with Crippen molar-refractivity contribution in [1.82, 2.24) is 4.98 Å². The van der Waals surface area contributed by atoms with Gasteiger partial charge in [0.1, 0.15) is 11.3 Å². The lowest BCUT2D eigenvalue weighted by Crippen LogP contribution is -2.82. The third kappa shape index (κ3) is 5.61. The van der Waals surface area contributed by atoms with Gasteiger partial charge in [-0.1, -0.05) is 89.6 Å². The fourth-order valence-corrected chi connectivity index (χ4v) is 5.90. The van der Waals surface area contributed by atoms with Gasteiger partial charge in [-0.05, 0) is 58.6 Å². The fourth-order valence-electron chi connectivity index (χ4n) is 5.90. The maximum Gasteiger partial charge on any atom is 0.315 e. The standard InChI is InChI=1S/C36H40N2O4/c1-20-11-14-23-24(17-20)33(41)30(32(23)40)27-15-13-22-9-8-10-28(31(22)38-27)37-29(39)16-12-21-18-25(35(2,3)4)34(42)26(19-21)36(5,6)7/h8-11,13-15,17-19,30,32,40,42H,12,16H2,1-7H3,(H,37,39)/p+1. The highest BCUT2D eigenvalue weighted by molar-refractivity contribution is 6.06. The molecular formula is C36H41N2O4+. The molecule has 0 bridgehead atoms. The molecule has 5 rings (SSSR count). The number of Topliss-reactive ketones (excluding diaryl/α,β-unsaturated/α-hetero) is 1. The number of rotatable bonds is 5. The number of aromatic nitrogens is 1. The van der Waals surface area contributed by atoms with E-state index in [2.05, 4.69) is 41.5 Å². The predicted molar refractivity (Wildman–Crippen MR) is 165 cm³/mol. The van der Waals surface area contributed by atoms with Crippen molar-refractivity contribution in [2.75, 3.05) is 0 Å². The zero-order valence-electron chi connectivity index (χ0n) is 25.6. The number of para-hydroxylation sites is 1. The number of nitrogens with zero attached hydrogens (tertiary/aromatic N) is 1. The zero-order chi connectivity index (χ0) is 30.6. The number of hydrogen-bond donors (Lipinski definition) is 3. The van der Waals surface area contributed by atoms with E-state index in [9.17, 15) is 19.8 Å². The average molecular weight is 566 g/mol. The SMILES string of the molecule is Cc1ccc2c(c1)C(=O)C(c1ccc3cccc([NH2+]C(=O)CCc4cc(C(C)(C)C)c(O)c(C(C)(C)C)c4)c3n1)C2O. The highest BCUT2D eigenvalue weighted by Crippen LogP contribution is 2.43. The van der Waals surface area contributed by atoms with Gasteiger partial charge in [0.2, 0.25) is 0 Å². The number of carbonyl (C=O) groups is 2. The molecule has 2 unspecified atom stereocenters. The molecule has 6 nitrogen and oxygen atoms in total. The Labute approximate surface area is 247 Å². The third-order valence-electron chi connectivity index (χ3n) is 8.25. The lowest BCUT2D eigenvalue weighted by molar-refractivity contribution is -0.482. The van der Waals surface area contributed by atoms with Crippen LogP contribution in [0.4, 0.5) is 5.69 Å². The van der Waals surface area contributed by atoms with Crippen LogP contribution in [0.1, 0.15) is 104 Å². The minimum Gasteiger partial charge on any atom is -0.507 e. The van der Waals surface area contributed by atoms with E-state index in [-0.39, 0.29) is 22.5 Å². The molecule has 6 heteroatoms. The summed E-state index contributed by atoms with van der Waals surface area (Å²) in [6.45, 7) is 14.4. The molecule has 1 aliphatic carbocycles.